The minimum absolute atomic E-state index is 0.118. The van der Waals surface area contributed by atoms with Gasteiger partial charge < -0.3 is 10.4 Å². The zero-order valence-electron chi connectivity index (χ0n) is 9.03. The highest BCUT2D eigenvalue weighted by Crippen LogP contribution is 2.19. The molecule has 2 atom stereocenters. The first-order valence-corrected chi connectivity index (χ1v) is 5.99. The van der Waals surface area contributed by atoms with E-state index in [1.807, 2.05) is 23.8 Å². The van der Waals surface area contributed by atoms with E-state index in [1.54, 1.807) is 11.3 Å². The van der Waals surface area contributed by atoms with Crippen LogP contribution in [0, 0.1) is 5.92 Å². The Balaban J connectivity index is 2.41. The Kier molecular flexibility index (Phi) is 4.58. The third kappa shape index (κ3) is 3.40. The largest absolute Gasteiger partial charge is 0.387 e. The second-order valence-corrected chi connectivity index (χ2v) is 4.87. The van der Waals surface area contributed by atoms with E-state index >= 15 is 0 Å². The first kappa shape index (κ1) is 11.7. The fourth-order valence-electron chi connectivity index (χ4n) is 1.27. The van der Waals surface area contributed by atoms with Gasteiger partial charge in [0.1, 0.15) is 0 Å². The van der Waals surface area contributed by atoms with Crippen LogP contribution in [0.1, 0.15) is 32.4 Å². The molecule has 14 heavy (non-hydrogen) atoms. The number of aliphatic hydroxyl groups excluding tert-OH is 1. The first-order valence-electron chi connectivity index (χ1n) is 5.04. The van der Waals surface area contributed by atoms with Crippen LogP contribution in [0.2, 0.25) is 0 Å². The minimum atomic E-state index is -0.389. The maximum atomic E-state index is 9.93. The Labute approximate surface area is 90.0 Å². The van der Waals surface area contributed by atoms with E-state index in [2.05, 4.69) is 19.2 Å². The molecule has 0 aromatic carbocycles. The van der Waals surface area contributed by atoms with E-state index in [4.69, 9.17) is 0 Å². The molecular formula is C11H19NOS. The average molecular weight is 213 g/mol. The predicted molar refractivity (Wildman–Crippen MR) is 61.6 cm³/mol. The minimum Gasteiger partial charge on any atom is -0.387 e. The van der Waals surface area contributed by atoms with E-state index in [0.717, 1.165) is 12.1 Å². The zero-order chi connectivity index (χ0) is 10.6. The summed E-state index contributed by atoms with van der Waals surface area (Å²) in [6, 6.07) is 2.09. The standard InChI is InChI=1S/C11H19NOS/c1-8(2)6-12-9(3)11(13)10-4-5-14-7-10/h4-5,7-9,11-13H,6H2,1-3H3. The van der Waals surface area contributed by atoms with Crippen LogP contribution in [-0.4, -0.2) is 17.7 Å². The third-order valence-electron chi connectivity index (χ3n) is 2.21. The second-order valence-electron chi connectivity index (χ2n) is 4.09. The van der Waals surface area contributed by atoms with Crippen LogP contribution in [0.4, 0.5) is 0 Å². The number of hydrogen-bond acceptors (Lipinski definition) is 3. The molecule has 1 aromatic heterocycles. The van der Waals surface area contributed by atoms with Gasteiger partial charge in [0, 0.05) is 6.04 Å². The van der Waals surface area contributed by atoms with Crippen LogP contribution in [0.3, 0.4) is 0 Å². The third-order valence-corrected chi connectivity index (χ3v) is 2.91. The molecule has 0 radical (unpaired) electrons. The van der Waals surface area contributed by atoms with E-state index in [-0.39, 0.29) is 12.1 Å². The summed E-state index contributed by atoms with van der Waals surface area (Å²) in [5.41, 5.74) is 1.01. The predicted octanol–water partition coefficient (Wildman–Crippen LogP) is 2.42. The van der Waals surface area contributed by atoms with Gasteiger partial charge in [0.15, 0.2) is 0 Å². The van der Waals surface area contributed by atoms with Gasteiger partial charge in [0.25, 0.3) is 0 Å². The van der Waals surface area contributed by atoms with Gasteiger partial charge >= 0.3 is 0 Å². The molecule has 1 rings (SSSR count). The molecule has 0 saturated heterocycles. The molecule has 0 bridgehead atoms. The molecule has 2 nitrogen and oxygen atoms in total. The van der Waals surface area contributed by atoms with Crippen LogP contribution >= 0.6 is 11.3 Å². The quantitative estimate of drug-likeness (QED) is 0.787. The van der Waals surface area contributed by atoms with Crippen LogP contribution in [0.5, 0.6) is 0 Å². The summed E-state index contributed by atoms with van der Waals surface area (Å²) < 4.78 is 0. The Morgan fingerprint density at radius 2 is 2.14 bits per heavy atom. The lowest BCUT2D eigenvalue weighted by molar-refractivity contribution is 0.135. The number of aliphatic hydroxyl groups is 1. The number of rotatable bonds is 5. The van der Waals surface area contributed by atoms with Crippen LogP contribution in [0.25, 0.3) is 0 Å². The Bertz CT molecular complexity index is 246. The smallest absolute Gasteiger partial charge is 0.0948 e. The summed E-state index contributed by atoms with van der Waals surface area (Å²) >= 11 is 1.62. The summed E-state index contributed by atoms with van der Waals surface area (Å²) in [5, 5.41) is 17.3. The highest BCUT2D eigenvalue weighted by Gasteiger charge is 2.15. The van der Waals surface area contributed by atoms with E-state index < -0.39 is 0 Å². The molecule has 2 unspecified atom stereocenters. The number of thiophene rings is 1. The molecule has 1 heterocycles. The molecule has 0 saturated carbocycles. The lowest BCUT2D eigenvalue weighted by Crippen LogP contribution is -2.34. The Morgan fingerprint density at radius 1 is 1.43 bits per heavy atom. The van der Waals surface area contributed by atoms with Crippen molar-refractivity contribution in [1.82, 2.24) is 5.32 Å². The molecule has 80 valence electrons. The van der Waals surface area contributed by atoms with E-state index in [9.17, 15) is 5.11 Å². The molecular weight excluding hydrogens is 194 g/mol. The topological polar surface area (TPSA) is 32.3 Å². The summed E-state index contributed by atoms with van der Waals surface area (Å²) in [6.07, 6.45) is -0.389. The Morgan fingerprint density at radius 3 is 2.64 bits per heavy atom. The maximum absolute atomic E-state index is 9.93. The van der Waals surface area contributed by atoms with Crippen LogP contribution in [-0.2, 0) is 0 Å². The van der Waals surface area contributed by atoms with E-state index in [0.29, 0.717) is 5.92 Å². The monoisotopic (exact) mass is 213 g/mol. The van der Waals surface area contributed by atoms with Crippen molar-refractivity contribution in [3.05, 3.63) is 22.4 Å². The van der Waals surface area contributed by atoms with Gasteiger partial charge in [0.2, 0.25) is 0 Å². The molecule has 0 amide bonds. The lowest BCUT2D eigenvalue weighted by Gasteiger charge is -2.20. The van der Waals surface area contributed by atoms with Crippen molar-refractivity contribution in [3.8, 4) is 0 Å². The zero-order valence-corrected chi connectivity index (χ0v) is 9.84. The van der Waals surface area contributed by atoms with Gasteiger partial charge in [0.05, 0.1) is 6.10 Å². The highest BCUT2D eigenvalue weighted by atomic mass is 32.1. The molecule has 0 fully saturated rings. The normalized spacial score (nSPS) is 15.8. The van der Waals surface area contributed by atoms with Crippen molar-refractivity contribution in [3.63, 3.8) is 0 Å². The maximum Gasteiger partial charge on any atom is 0.0948 e. The molecule has 2 N–H and O–H groups in total. The summed E-state index contributed by atoms with van der Waals surface area (Å²) in [6.45, 7) is 7.29. The number of nitrogens with one attached hydrogen (secondary N) is 1. The summed E-state index contributed by atoms with van der Waals surface area (Å²) in [7, 11) is 0. The molecule has 3 heteroatoms. The molecule has 0 aliphatic heterocycles. The molecule has 1 aromatic rings. The average Bonchev–Trinajstić information content (AvgIpc) is 2.65. The lowest BCUT2D eigenvalue weighted by atomic mass is 10.1. The first-order chi connectivity index (χ1) is 6.61. The van der Waals surface area contributed by atoms with Gasteiger partial charge in [-0.05, 0) is 41.8 Å². The summed E-state index contributed by atoms with van der Waals surface area (Å²) in [5.74, 6) is 0.618. The van der Waals surface area contributed by atoms with Crippen molar-refractivity contribution >= 4 is 11.3 Å². The SMILES string of the molecule is CC(C)CNC(C)C(O)c1ccsc1. The van der Waals surface area contributed by atoms with Gasteiger partial charge in [-0.3, -0.25) is 0 Å². The molecule has 0 aliphatic rings. The Hall–Kier alpha value is -0.380. The van der Waals surface area contributed by atoms with Crippen molar-refractivity contribution in [2.45, 2.75) is 32.9 Å². The van der Waals surface area contributed by atoms with Gasteiger partial charge in [-0.2, -0.15) is 11.3 Å². The molecule has 0 spiro atoms. The molecule has 0 aliphatic carbocycles. The highest BCUT2D eigenvalue weighted by molar-refractivity contribution is 7.07. The fraction of sp³-hybridized carbons (Fsp3) is 0.636. The van der Waals surface area contributed by atoms with Crippen molar-refractivity contribution in [2.24, 2.45) is 5.92 Å². The van der Waals surface area contributed by atoms with E-state index in [1.165, 1.54) is 0 Å². The van der Waals surface area contributed by atoms with Crippen LogP contribution in [0.15, 0.2) is 16.8 Å². The van der Waals surface area contributed by atoms with Gasteiger partial charge in [-0.1, -0.05) is 13.8 Å². The van der Waals surface area contributed by atoms with Crippen LogP contribution < -0.4 is 5.32 Å². The fourth-order valence-corrected chi connectivity index (χ4v) is 1.95. The van der Waals surface area contributed by atoms with Gasteiger partial charge in [-0.25, -0.2) is 0 Å². The number of hydrogen-bond donors (Lipinski definition) is 2. The van der Waals surface area contributed by atoms with Crippen molar-refractivity contribution < 1.29 is 5.11 Å². The van der Waals surface area contributed by atoms with Gasteiger partial charge in [-0.15, -0.1) is 0 Å². The van der Waals surface area contributed by atoms with Crippen molar-refractivity contribution in [2.75, 3.05) is 6.54 Å². The summed E-state index contributed by atoms with van der Waals surface area (Å²) in [4.78, 5) is 0. The van der Waals surface area contributed by atoms with Crippen molar-refractivity contribution in [1.29, 1.82) is 0 Å². The second kappa shape index (κ2) is 5.49.